The molecule has 0 radical (unpaired) electrons. The lowest BCUT2D eigenvalue weighted by molar-refractivity contribution is -0.146. The van der Waals surface area contributed by atoms with Crippen molar-refractivity contribution in [3.05, 3.63) is 45.4 Å². The summed E-state index contributed by atoms with van der Waals surface area (Å²) < 4.78 is 11.3. The van der Waals surface area contributed by atoms with Crippen LogP contribution in [0.1, 0.15) is 31.2 Å². The van der Waals surface area contributed by atoms with Gasteiger partial charge in [0.05, 0.1) is 30.9 Å². The maximum absolute atomic E-state index is 11.7. The third-order valence-corrected chi connectivity index (χ3v) is 6.93. The second-order valence-electron chi connectivity index (χ2n) is 7.41. The van der Waals surface area contributed by atoms with Crippen LogP contribution in [0.3, 0.4) is 0 Å². The highest BCUT2D eigenvalue weighted by Crippen LogP contribution is 2.35. The van der Waals surface area contributed by atoms with Crippen LogP contribution in [0.5, 0.6) is 5.88 Å². The van der Waals surface area contributed by atoms with Gasteiger partial charge in [-0.3, -0.25) is 9.69 Å². The van der Waals surface area contributed by atoms with E-state index in [2.05, 4.69) is 33.9 Å². The first kappa shape index (κ1) is 22.1. The van der Waals surface area contributed by atoms with Crippen LogP contribution in [-0.4, -0.2) is 43.2 Å². The predicted octanol–water partition coefficient (Wildman–Crippen LogP) is 5.34. The predicted molar refractivity (Wildman–Crippen MR) is 118 cm³/mol. The van der Waals surface area contributed by atoms with Crippen molar-refractivity contribution in [1.82, 2.24) is 9.88 Å². The van der Waals surface area contributed by atoms with Gasteiger partial charge in [-0.05, 0) is 60.8 Å². The maximum Gasteiger partial charge on any atom is 0.308 e. The summed E-state index contributed by atoms with van der Waals surface area (Å²) in [5.41, 5.74) is 2.67. The van der Waals surface area contributed by atoms with Crippen LogP contribution < -0.4 is 4.74 Å². The normalized spacial score (nSPS) is 19.2. The summed E-state index contributed by atoms with van der Waals surface area (Å²) in [6.07, 6.45) is 3.71. The first-order valence-corrected chi connectivity index (χ1v) is 10.9. The van der Waals surface area contributed by atoms with Crippen molar-refractivity contribution >= 4 is 33.5 Å². The molecule has 1 heterocycles. The van der Waals surface area contributed by atoms with Crippen molar-refractivity contribution < 1.29 is 14.3 Å². The largest absolute Gasteiger partial charge is 0.481 e. The lowest BCUT2D eigenvalue weighted by atomic mass is 9.85. The molecule has 0 spiro atoms. The number of nitrogens with zero attached hydrogens (tertiary/aromatic N) is 2. The number of hydrogen-bond acceptors (Lipinski definition) is 5. The van der Waals surface area contributed by atoms with Gasteiger partial charge in [0.2, 0.25) is 5.88 Å². The van der Waals surface area contributed by atoms with Crippen LogP contribution in [0.4, 0.5) is 0 Å². The summed E-state index contributed by atoms with van der Waals surface area (Å²) in [7, 11) is 5.21. The van der Waals surface area contributed by atoms with Crippen molar-refractivity contribution in [2.75, 3.05) is 21.3 Å². The number of halogens is 2. The van der Waals surface area contributed by atoms with Crippen molar-refractivity contribution in [3.8, 4) is 17.1 Å². The fourth-order valence-electron chi connectivity index (χ4n) is 3.93. The van der Waals surface area contributed by atoms with Crippen LogP contribution in [0, 0.1) is 5.92 Å². The quantitative estimate of drug-likeness (QED) is 0.522. The third kappa shape index (κ3) is 5.11. The summed E-state index contributed by atoms with van der Waals surface area (Å²) in [6.45, 7) is 0.732. The Hall–Kier alpha value is -1.63. The molecule has 0 aliphatic heterocycles. The highest BCUT2D eigenvalue weighted by Gasteiger charge is 2.29. The molecule has 0 amide bonds. The minimum atomic E-state index is -0.0845. The van der Waals surface area contributed by atoms with Gasteiger partial charge in [0.25, 0.3) is 0 Å². The number of pyridine rings is 1. The molecule has 1 aromatic carbocycles. The monoisotopic (exact) mass is 480 g/mol. The Morgan fingerprint density at radius 1 is 1.21 bits per heavy atom. The van der Waals surface area contributed by atoms with Gasteiger partial charge in [0.1, 0.15) is 0 Å². The molecular formula is C22H26BrClN2O3. The van der Waals surface area contributed by atoms with Gasteiger partial charge in [-0.2, -0.15) is 0 Å². The SMILES string of the molecule is COC(=O)C1CCC(N(C)Cc2ccc(-c3cccc(Br)c3Cl)nc2OC)CC1. The standard InChI is InChI=1S/C22H26BrClN2O3/c1-26(16-10-7-14(8-11-16)22(27)29-3)13-15-9-12-19(25-21(15)28-2)17-5-4-6-18(23)20(17)24/h4-6,9,12,14,16H,7-8,10-11,13H2,1-3H3. The second kappa shape index (κ2) is 9.92. The average molecular weight is 482 g/mol. The topological polar surface area (TPSA) is 51.7 Å². The number of carbonyl (C=O) groups is 1. The number of esters is 1. The Morgan fingerprint density at radius 3 is 2.59 bits per heavy atom. The van der Waals surface area contributed by atoms with Crippen molar-refractivity contribution in [2.24, 2.45) is 5.92 Å². The Bertz CT molecular complexity index is 869. The zero-order chi connectivity index (χ0) is 21.0. The molecule has 0 bridgehead atoms. The molecule has 5 nitrogen and oxygen atoms in total. The molecule has 0 saturated heterocycles. The van der Waals surface area contributed by atoms with Crippen LogP contribution in [-0.2, 0) is 16.1 Å². The average Bonchev–Trinajstić information content (AvgIpc) is 2.75. The maximum atomic E-state index is 11.7. The van der Waals surface area contributed by atoms with Gasteiger partial charge in [-0.15, -0.1) is 0 Å². The molecule has 7 heteroatoms. The number of ether oxygens (including phenoxy) is 2. The van der Waals surface area contributed by atoms with Crippen LogP contribution >= 0.6 is 27.5 Å². The van der Waals surface area contributed by atoms with Gasteiger partial charge in [-0.25, -0.2) is 4.98 Å². The van der Waals surface area contributed by atoms with Gasteiger partial charge < -0.3 is 9.47 Å². The molecule has 1 aliphatic carbocycles. The molecule has 2 aromatic rings. The molecule has 0 unspecified atom stereocenters. The van der Waals surface area contributed by atoms with Gasteiger partial charge in [0, 0.05) is 28.2 Å². The highest BCUT2D eigenvalue weighted by atomic mass is 79.9. The molecule has 29 heavy (non-hydrogen) atoms. The molecule has 3 rings (SSSR count). The van der Waals surface area contributed by atoms with E-state index in [1.54, 1.807) is 7.11 Å². The highest BCUT2D eigenvalue weighted by molar-refractivity contribution is 9.10. The number of aromatic nitrogens is 1. The Labute approximate surface area is 185 Å². The molecule has 0 atom stereocenters. The summed E-state index contributed by atoms with van der Waals surface area (Å²) >= 11 is 9.89. The third-order valence-electron chi connectivity index (χ3n) is 5.63. The van der Waals surface area contributed by atoms with Crippen LogP contribution in [0.25, 0.3) is 11.3 Å². The molecule has 1 fully saturated rings. The minimum Gasteiger partial charge on any atom is -0.481 e. The fourth-order valence-corrected chi connectivity index (χ4v) is 4.52. The van der Waals surface area contributed by atoms with E-state index in [0.717, 1.165) is 53.5 Å². The zero-order valence-electron chi connectivity index (χ0n) is 17.0. The molecule has 1 aromatic heterocycles. The number of rotatable bonds is 6. The van der Waals surface area contributed by atoms with Gasteiger partial charge in [-0.1, -0.05) is 29.8 Å². The van der Waals surface area contributed by atoms with E-state index in [4.69, 9.17) is 26.1 Å². The number of benzene rings is 1. The first-order valence-electron chi connectivity index (χ1n) is 9.71. The van der Waals surface area contributed by atoms with Gasteiger partial charge in [0.15, 0.2) is 0 Å². The number of carbonyl (C=O) groups excluding carboxylic acids is 1. The van der Waals surface area contributed by atoms with Crippen molar-refractivity contribution in [2.45, 2.75) is 38.3 Å². The van der Waals surface area contributed by atoms with E-state index in [1.165, 1.54) is 7.11 Å². The van der Waals surface area contributed by atoms with E-state index in [9.17, 15) is 4.79 Å². The second-order valence-corrected chi connectivity index (χ2v) is 8.64. The summed E-state index contributed by atoms with van der Waals surface area (Å²) in [5.74, 6) is 0.558. The van der Waals surface area contributed by atoms with E-state index in [-0.39, 0.29) is 11.9 Å². The first-order chi connectivity index (χ1) is 13.9. The molecule has 1 aliphatic rings. The van der Waals surface area contributed by atoms with Crippen LogP contribution in [0.2, 0.25) is 5.02 Å². The Balaban J connectivity index is 1.71. The van der Waals surface area contributed by atoms with E-state index >= 15 is 0 Å². The lowest BCUT2D eigenvalue weighted by Crippen LogP contribution is -2.36. The van der Waals surface area contributed by atoms with Crippen molar-refractivity contribution in [3.63, 3.8) is 0 Å². The lowest BCUT2D eigenvalue weighted by Gasteiger charge is -2.34. The molecule has 1 saturated carbocycles. The minimum absolute atomic E-state index is 0.0371. The Kier molecular flexibility index (Phi) is 7.55. The number of methoxy groups -OCH3 is 2. The van der Waals surface area contributed by atoms with Crippen molar-refractivity contribution in [1.29, 1.82) is 0 Å². The summed E-state index contributed by atoms with van der Waals surface area (Å²) in [4.78, 5) is 18.7. The zero-order valence-corrected chi connectivity index (χ0v) is 19.3. The van der Waals surface area contributed by atoms with E-state index in [1.807, 2.05) is 24.3 Å². The smallest absolute Gasteiger partial charge is 0.308 e. The van der Waals surface area contributed by atoms with Gasteiger partial charge >= 0.3 is 5.97 Å². The molecule has 156 valence electrons. The summed E-state index contributed by atoms with van der Waals surface area (Å²) in [6, 6.07) is 10.2. The Morgan fingerprint density at radius 2 is 1.93 bits per heavy atom. The van der Waals surface area contributed by atoms with Crippen LogP contribution in [0.15, 0.2) is 34.8 Å². The molecule has 0 N–H and O–H groups in total. The summed E-state index contributed by atoms with van der Waals surface area (Å²) in [5, 5.41) is 0.634. The number of hydrogen-bond donors (Lipinski definition) is 0. The fraction of sp³-hybridized carbons (Fsp3) is 0.455. The molecular weight excluding hydrogens is 456 g/mol. The van der Waals surface area contributed by atoms with E-state index < -0.39 is 0 Å². The van der Waals surface area contributed by atoms with E-state index in [0.29, 0.717) is 16.9 Å².